The smallest absolute Gasteiger partial charge is 0.389 e. The Kier molecular flexibility index (Phi) is 2.84. The molecule has 1 heterocycles. The fraction of sp³-hybridized carbons (Fsp3) is 0.600. The Morgan fingerprint density at radius 3 is 2.59 bits per heavy atom. The van der Waals surface area contributed by atoms with Gasteiger partial charge in [-0.1, -0.05) is 0 Å². The molecule has 4 nitrogen and oxygen atoms in total. The van der Waals surface area contributed by atoms with E-state index in [0.717, 1.165) is 12.8 Å². The van der Waals surface area contributed by atoms with Crippen LogP contribution in [0.4, 0.5) is 13.2 Å². The summed E-state index contributed by atoms with van der Waals surface area (Å²) in [5.41, 5.74) is 0.287. The molecule has 0 unspecified atom stereocenters. The summed E-state index contributed by atoms with van der Waals surface area (Å²) in [7, 11) is 0. The quantitative estimate of drug-likeness (QED) is 0.891. The lowest BCUT2D eigenvalue weighted by atomic mass is 10.2. The number of aryl methyl sites for hydroxylation is 1. The molecule has 0 spiro atoms. The summed E-state index contributed by atoms with van der Waals surface area (Å²) in [6.07, 6.45) is -4.15. The fourth-order valence-corrected chi connectivity index (χ4v) is 1.52. The number of carbonyl (C=O) groups is 1. The Hall–Kier alpha value is -1.53. The van der Waals surface area contributed by atoms with Crippen molar-refractivity contribution in [2.75, 3.05) is 0 Å². The van der Waals surface area contributed by atoms with E-state index in [2.05, 4.69) is 4.98 Å². The van der Waals surface area contributed by atoms with Crippen LogP contribution in [-0.2, 0) is 6.42 Å². The van der Waals surface area contributed by atoms with Gasteiger partial charge < -0.3 is 9.52 Å². The fourth-order valence-electron chi connectivity index (χ4n) is 1.52. The highest BCUT2D eigenvalue weighted by Crippen LogP contribution is 2.41. The number of hydrogen-bond acceptors (Lipinski definition) is 3. The van der Waals surface area contributed by atoms with Gasteiger partial charge in [-0.25, -0.2) is 9.78 Å². The number of alkyl halides is 3. The van der Waals surface area contributed by atoms with E-state index in [1.54, 1.807) is 0 Å². The van der Waals surface area contributed by atoms with Crippen LogP contribution in [0.3, 0.4) is 0 Å². The van der Waals surface area contributed by atoms with Crippen molar-refractivity contribution in [3.8, 4) is 0 Å². The standard InChI is InChI=1S/C10H10F3NO3/c11-10(12,13)4-3-6-14-7(5-1-2-5)8(17-6)9(15)16/h5H,1-4H2,(H,15,16). The Balaban J connectivity index is 2.13. The van der Waals surface area contributed by atoms with Crippen LogP contribution in [0.1, 0.15) is 47.3 Å². The van der Waals surface area contributed by atoms with Crippen molar-refractivity contribution in [3.63, 3.8) is 0 Å². The maximum Gasteiger partial charge on any atom is 0.389 e. The van der Waals surface area contributed by atoms with Crippen molar-refractivity contribution in [2.45, 2.75) is 37.8 Å². The molecule has 1 fully saturated rings. The number of aromatic nitrogens is 1. The van der Waals surface area contributed by atoms with Crippen molar-refractivity contribution >= 4 is 5.97 Å². The van der Waals surface area contributed by atoms with Crippen LogP contribution in [-0.4, -0.2) is 22.2 Å². The average molecular weight is 249 g/mol. The summed E-state index contributed by atoms with van der Waals surface area (Å²) in [5, 5.41) is 8.83. The summed E-state index contributed by atoms with van der Waals surface area (Å²) in [6, 6.07) is 0. The van der Waals surface area contributed by atoms with Crippen LogP contribution in [0.25, 0.3) is 0 Å². The van der Waals surface area contributed by atoms with Gasteiger partial charge in [0.1, 0.15) is 0 Å². The molecule has 0 aliphatic heterocycles. The van der Waals surface area contributed by atoms with E-state index in [1.165, 1.54) is 0 Å². The van der Waals surface area contributed by atoms with Gasteiger partial charge in [-0.15, -0.1) is 0 Å². The number of halogens is 3. The Morgan fingerprint density at radius 1 is 1.47 bits per heavy atom. The topological polar surface area (TPSA) is 63.3 Å². The Labute approximate surface area is 94.4 Å². The van der Waals surface area contributed by atoms with Crippen LogP contribution in [0, 0.1) is 0 Å². The summed E-state index contributed by atoms with van der Waals surface area (Å²) in [5.74, 6) is -1.71. The third-order valence-electron chi connectivity index (χ3n) is 2.48. The van der Waals surface area contributed by atoms with Crippen molar-refractivity contribution in [3.05, 3.63) is 17.3 Å². The molecule has 0 atom stereocenters. The van der Waals surface area contributed by atoms with E-state index < -0.39 is 25.0 Å². The first-order valence-corrected chi connectivity index (χ1v) is 5.16. The number of carboxylic acids is 1. The van der Waals surface area contributed by atoms with Gasteiger partial charge in [-0.05, 0) is 12.8 Å². The van der Waals surface area contributed by atoms with E-state index in [1.807, 2.05) is 0 Å². The summed E-state index contributed by atoms with van der Waals surface area (Å²) >= 11 is 0. The second kappa shape index (κ2) is 4.05. The molecular formula is C10H10F3NO3. The average Bonchev–Trinajstić information content (AvgIpc) is 2.94. The van der Waals surface area contributed by atoms with Crippen LogP contribution in [0.15, 0.2) is 4.42 Å². The first-order valence-electron chi connectivity index (χ1n) is 5.16. The van der Waals surface area contributed by atoms with E-state index in [0.29, 0.717) is 0 Å². The van der Waals surface area contributed by atoms with Crippen molar-refractivity contribution in [1.82, 2.24) is 4.98 Å². The minimum absolute atomic E-state index is 0.0319. The molecule has 1 aliphatic carbocycles. The lowest BCUT2D eigenvalue weighted by molar-refractivity contribution is -0.134. The molecule has 0 aromatic carbocycles. The number of rotatable bonds is 4. The van der Waals surface area contributed by atoms with Gasteiger partial charge in [-0.3, -0.25) is 0 Å². The van der Waals surface area contributed by atoms with Crippen LogP contribution in [0.2, 0.25) is 0 Å². The third kappa shape index (κ3) is 2.98. The first kappa shape index (κ1) is 11.9. The van der Waals surface area contributed by atoms with Crippen molar-refractivity contribution in [2.24, 2.45) is 0 Å². The van der Waals surface area contributed by atoms with Gasteiger partial charge >= 0.3 is 12.1 Å². The lowest BCUT2D eigenvalue weighted by Gasteiger charge is -2.02. The molecule has 0 bridgehead atoms. The van der Waals surface area contributed by atoms with E-state index in [4.69, 9.17) is 9.52 Å². The van der Waals surface area contributed by atoms with Gasteiger partial charge in [0.25, 0.3) is 0 Å². The second-order valence-electron chi connectivity index (χ2n) is 4.02. The van der Waals surface area contributed by atoms with Gasteiger partial charge in [-0.2, -0.15) is 13.2 Å². The molecule has 1 aromatic rings. The molecule has 17 heavy (non-hydrogen) atoms. The summed E-state index contributed by atoms with van der Waals surface area (Å²) < 4.78 is 40.8. The zero-order valence-electron chi connectivity index (χ0n) is 8.75. The Bertz CT molecular complexity index is 434. The molecule has 0 radical (unpaired) electrons. The summed E-state index contributed by atoms with van der Waals surface area (Å²) in [4.78, 5) is 14.7. The number of aromatic carboxylic acids is 1. The molecule has 0 saturated heterocycles. The SMILES string of the molecule is O=C(O)c1oc(CCC(F)(F)F)nc1C1CC1. The number of oxazole rings is 1. The van der Waals surface area contributed by atoms with Crippen LogP contribution < -0.4 is 0 Å². The monoisotopic (exact) mass is 249 g/mol. The molecule has 2 rings (SSSR count). The number of nitrogens with zero attached hydrogens (tertiary/aromatic N) is 1. The van der Waals surface area contributed by atoms with Crippen molar-refractivity contribution in [1.29, 1.82) is 0 Å². The Morgan fingerprint density at radius 2 is 2.12 bits per heavy atom. The minimum atomic E-state index is -4.29. The molecule has 7 heteroatoms. The normalized spacial score (nSPS) is 16.2. The molecule has 1 N–H and O–H groups in total. The first-order chi connectivity index (χ1) is 7.87. The second-order valence-corrected chi connectivity index (χ2v) is 4.02. The van der Waals surface area contributed by atoms with Gasteiger partial charge in [0.15, 0.2) is 5.89 Å². The minimum Gasteiger partial charge on any atom is -0.475 e. The summed E-state index contributed by atoms with van der Waals surface area (Å²) in [6.45, 7) is 0. The van der Waals surface area contributed by atoms with Crippen molar-refractivity contribution < 1.29 is 27.5 Å². The molecule has 94 valence electrons. The van der Waals surface area contributed by atoms with Gasteiger partial charge in [0.2, 0.25) is 5.76 Å². The molecule has 0 amide bonds. The highest BCUT2D eigenvalue weighted by molar-refractivity contribution is 5.85. The van der Waals surface area contributed by atoms with Crippen LogP contribution >= 0.6 is 0 Å². The molecule has 1 saturated carbocycles. The van der Waals surface area contributed by atoms with E-state index in [9.17, 15) is 18.0 Å². The van der Waals surface area contributed by atoms with E-state index in [-0.39, 0.29) is 23.3 Å². The molecule has 1 aliphatic rings. The number of carboxylic acid groups (broad SMARTS) is 1. The third-order valence-corrected chi connectivity index (χ3v) is 2.48. The van der Waals surface area contributed by atoms with Gasteiger partial charge in [0.05, 0.1) is 12.1 Å². The van der Waals surface area contributed by atoms with E-state index >= 15 is 0 Å². The highest BCUT2D eigenvalue weighted by Gasteiger charge is 2.34. The predicted octanol–water partition coefficient (Wildman–Crippen LogP) is 2.75. The predicted molar refractivity (Wildman–Crippen MR) is 49.8 cm³/mol. The zero-order chi connectivity index (χ0) is 12.6. The lowest BCUT2D eigenvalue weighted by Crippen LogP contribution is -2.08. The van der Waals surface area contributed by atoms with Crippen LogP contribution in [0.5, 0.6) is 0 Å². The molecule has 1 aromatic heterocycles. The maximum atomic E-state index is 12.0. The molecular weight excluding hydrogens is 239 g/mol. The zero-order valence-corrected chi connectivity index (χ0v) is 8.75. The number of hydrogen-bond donors (Lipinski definition) is 1. The van der Waals surface area contributed by atoms with Gasteiger partial charge in [0, 0.05) is 12.3 Å². The highest BCUT2D eigenvalue weighted by atomic mass is 19.4. The largest absolute Gasteiger partial charge is 0.475 e. The maximum absolute atomic E-state index is 12.0.